The highest BCUT2D eigenvalue weighted by molar-refractivity contribution is 6.06. The minimum absolute atomic E-state index is 0.0662. The highest BCUT2D eigenvalue weighted by Gasteiger charge is 2.37. The number of hydrogen-bond acceptors (Lipinski definition) is 5. The first-order valence-electron chi connectivity index (χ1n) is 8.85. The van der Waals surface area contributed by atoms with Gasteiger partial charge >= 0.3 is 0 Å². The number of methoxy groups -OCH3 is 1. The molecule has 0 saturated heterocycles. The molecule has 3 rings (SSSR count). The van der Waals surface area contributed by atoms with Crippen molar-refractivity contribution in [2.45, 2.75) is 13.8 Å². The number of hydrogen-bond donors (Lipinski definition) is 1. The number of anilines is 2. The molecule has 1 aliphatic rings. The van der Waals surface area contributed by atoms with Crippen LogP contribution >= 0.6 is 0 Å². The summed E-state index contributed by atoms with van der Waals surface area (Å²) in [4.78, 5) is 27.2. The van der Waals surface area contributed by atoms with Crippen molar-refractivity contribution in [3.8, 4) is 11.6 Å². The van der Waals surface area contributed by atoms with Gasteiger partial charge in [-0.2, -0.15) is 0 Å². The average molecular weight is 384 g/mol. The molecule has 0 spiro atoms. The maximum atomic E-state index is 12.9. The number of carbonyl (C=O) groups is 2. The highest BCUT2D eigenvalue weighted by Crippen LogP contribution is 2.38. The molecule has 8 nitrogen and oxygen atoms in total. The van der Waals surface area contributed by atoms with E-state index in [4.69, 9.17) is 9.47 Å². The van der Waals surface area contributed by atoms with E-state index in [2.05, 4.69) is 17.0 Å². The number of amides is 2. The van der Waals surface area contributed by atoms with E-state index < -0.39 is 5.41 Å². The zero-order valence-corrected chi connectivity index (χ0v) is 16.5. The number of ether oxygens (including phenoxy) is 2. The zero-order valence-electron chi connectivity index (χ0n) is 16.5. The van der Waals surface area contributed by atoms with Crippen molar-refractivity contribution in [3.05, 3.63) is 42.6 Å². The van der Waals surface area contributed by atoms with Crippen molar-refractivity contribution >= 4 is 23.2 Å². The topological polar surface area (TPSA) is 85.7 Å². The van der Waals surface area contributed by atoms with Crippen LogP contribution in [0.5, 0.6) is 11.6 Å². The zero-order chi connectivity index (χ0) is 20.5. The first-order valence-corrected chi connectivity index (χ1v) is 8.85. The Bertz CT molecular complexity index is 932. The van der Waals surface area contributed by atoms with E-state index in [0.717, 1.165) is 0 Å². The van der Waals surface area contributed by atoms with Gasteiger partial charge in [-0.3, -0.25) is 14.3 Å². The molecule has 2 amide bonds. The molecule has 148 valence electrons. The van der Waals surface area contributed by atoms with Gasteiger partial charge in [0.05, 0.1) is 18.2 Å². The number of nitrogens with one attached hydrogen (secondary N) is 1. The molecule has 0 saturated carbocycles. The number of aromatic nitrogens is 2. The Labute approximate surface area is 163 Å². The largest absolute Gasteiger partial charge is 0.490 e. The summed E-state index contributed by atoms with van der Waals surface area (Å²) >= 11 is 0. The van der Waals surface area contributed by atoms with Gasteiger partial charge in [-0.15, -0.1) is 11.7 Å². The summed E-state index contributed by atoms with van der Waals surface area (Å²) in [5, 5.41) is 6.91. The number of fused-ring (bicyclic) bond motifs is 1. The Morgan fingerprint density at radius 1 is 1.46 bits per heavy atom. The van der Waals surface area contributed by atoms with Crippen LogP contribution < -0.4 is 19.7 Å². The van der Waals surface area contributed by atoms with Gasteiger partial charge in [0.25, 0.3) is 5.91 Å². The van der Waals surface area contributed by atoms with Crippen LogP contribution in [-0.2, 0) is 11.8 Å². The molecule has 1 aliphatic heterocycles. The second-order valence-electron chi connectivity index (χ2n) is 7.24. The van der Waals surface area contributed by atoms with Crippen LogP contribution in [0.3, 0.4) is 0 Å². The maximum absolute atomic E-state index is 12.9. The molecule has 2 aromatic rings. The summed E-state index contributed by atoms with van der Waals surface area (Å²) in [6, 6.07) is 5.20. The van der Waals surface area contributed by atoms with Crippen LogP contribution in [-0.4, -0.2) is 41.9 Å². The molecule has 0 radical (unpaired) electrons. The molecule has 2 heterocycles. The molecular weight excluding hydrogens is 360 g/mol. The minimum atomic E-state index is -0.672. The van der Waals surface area contributed by atoms with E-state index in [1.54, 1.807) is 42.4 Å². The Kier molecular flexibility index (Phi) is 5.13. The van der Waals surface area contributed by atoms with Crippen LogP contribution in [0, 0.1) is 5.41 Å². The average Bonchev–Trinajstić information content (AvgIpc) is 3.01. The van der Waals surface area contributed by atoms with Gasteiger partial charge in [0.15, 0.2) is 0 Å². The standard InChI is InChI=1S/C20H24N4O4/c1-6-9-24-15-10-13(7-8-16(15)28-12-20(2,3)19(24)26)21-17(25)14-11-23(4)22-18(14)27-5/h6-8,10-11H,1,9,12H2,2-5H3,(H,21,25). The van der Waals surface area contributed by atoms with E-state index >= 15 is 0 Å². The quantitative estimate of drug-likeness (QED) is 0.801. The predicted molar refractivity (Wildman–Crippen MR) is 106 cm³/mol. The summed E-state index contributed by atoms with van der Waals surface area (Å²) in [5.74, 6) is 0.394. The summed E-state index contributed by atoms with van der Waals surface area (Å²) in [6.45, 7) is 8.04. The van der Waals surface area contributed by atoms with E-state index in [9.17, 15) is 9.59 Å². The maximum Gasteiger partial charge on any atom is 0.262 e. The molecule has 0 aliphatic carbocycles. The second-order valence-corrected chi connectivity index (χ2v) is 7.24. The lowest BCUT2D eigenvalue weighted by Gasteiger charge is -2.27. The minimum Gasteiger partial charge on any atom is -0.490 e. The van der Waals surface area contributed by atoms with Gasteiger partial charge in [0, 0.05) is 25.5 Å². The van der Waals surface area contributed by atoms with Crippen molar-refractivity contribution in [1.29, 1.82) is 0 Å². The van der Waals surface area contributed by atoms with Gasteiger partial charge < -0.3 is 19.7 Å². The number of aryl methyl sites for hydroxylation is 1. The second kappa shape index (κ2) is 7.38. The van der Waals surface area contributed by atoms with E-state index in [-0.39, 0.29) is 24.3 Å². The molecular formula is C20H24N4O4. The molecule has 8 heteroatoms. The highest BCUT2D eigenvalue weighted by atomic mass is 16.5. The SMILES string of the molecule is C=CCN1C(=O)C(C)(C)COc2ccc(NC(=O)c3cn(C)nc3OC)cc21. The van der Waals surface area contributed by atoms with Crippen molar-refractivity contribution in [2.75, 3.05) is 30.5 Å². The van der Waals surface area contributed by atoms with Gasteiger partial charge in [0.1, 0.15) is 17.9 Å². The fourth-order valence-corrected chi connectivity index (χ4v) is 3.01. The third kappa shape index (κ3) is 3.58. The van der Waals surface area contributed by atoms with Crippen LogP contribution in [0.1, 0.15) is 24.2 Å². The molecule has 0 fully saturated rings. The lowest BCUT2D eigenvalue weighted by molar-refractivity contribution is -0.127. The fourth-order valence-electron chi connectivity index (χ4n) is 3.01. The molecule has 0 bridgehead atoms. The van der Waals surface area contributed by atoms with Gasteiger partial charge in [-0.1, -0.05) is 6.08 Å². The summed E-state index contributed by atoms with van der Waals surface area (Å²) < 4.78 is 12.5. The summed E-state index contributed by atoms with van der Waals surface area (Å²) in [5.41, 5.74) is 0.761. The van der Waals surface area contributed by atoms with Gasteiger partial charge in [-0.05, 0) is 32.0 Å². The Hall–Kier alpha value is -3.29. The first-order chi connectivity index (χ1) is 13.3. The van der Waals surface area contributed by atoms with E-state index in [0.29, 0.717) is 29.2 Å². The van der Waals surface area contributed by atoms with Gasteiger partial charge in [0.2, 0.25) is 11.8 Å². The molecule has 0 atom stereocenters. The van der Waals surface area contributed by atoms with Crippen LogP contribution in [0.2, 0.25) is 0 Å². The third-order valence-electron chi connectivity index (χ3n) is 4.46. The van der Waals surface area contributed by atoms with Crippen LogP contribution in [0.4, 0.5) is 11.4 Å². The Balaban J connectivity index is 1.94. The Morgan fingerprint density at radius 2 is 2.21 bits per heavy atom. The number of nitrogens with zero attached hydrogens (tertiary/aromatic N) is 3. The van der Waals surface area contributed by atoms with Crippen molar-refractivity contribution in [3.63, 3.8) is 0 Å². The first kappa shape index (κ1) is 19.5. The van der Waals surface area contributed by atoms with Gasteiger partial charge in [-0.25, -0.2) is 0 Å². The van der Waals surface area contributed by atoms with E-state index in [1.165, 1.54) is 11.8 Å². The Morgan fingerprint density at radius 3 is 2.89 bits per heavy atom. The lowest BCUT2D eigenvalue weighted by Crippen LogP contribution is -2.42. The van der Waals surface area contributed by atoms with E-state index in [1.807, 2.05) is 13.8 Å². The van der Waals surface area contributed by atoms with Crippen molar-refractivity contribution in [2.24, 2.45) is 12.5 Å². The number of carbonyl (C=O) groups excluding carboxylic acids is 2. The normalized spacial score (nSPS) is 15.3. The van der Waals surface area contributed by atoms with Crippen LogP contribution in [0.15, 0.2) is 37.1 Å². The fraction of sp³-hybridized carbons (Fsp3) is 0.350. The smallest absolute Gasteiger partial charge is 0.262 e. The molecule has 1 N–H and O–H groups in total. The van der Waals surface area contributed by atoms with Crippen molar-refractivity contribution < 1.29 is 19.1 Å². The monoisotopic (exact) mass is 384 g/mol. The molecule has 1 aromatic heterocycles. The third-order valence-corrected chi connectivity index (χ3v) is 4.46. The summed E-state index contributed by atoms with van der Waals surface area (Å²) in [6.07, 6.45) is 3.24. The lowest BCUT2D eigenvalue weighted by atomic mass is 9.93. The predicted octanol–water partition coefficient (Wildman–Crippen LogP) is 2.62. The number of rotatable bonds is 5. The molecule has 28 heavy (non-hydrogen) atoms. The molecule has 0 unspecified atom stereocenters. The van der Waals surface area contributed by atoms with Crippen molar-refractivity contribution in [1.82, 2.24) is 9.78 Å². The van der Waals surface area contributed by atoms with Crippen LogP contribution in [0.25, 0.3) is 0 Å². The summed E-state index contributed by atoms with van der Waals surface area (Å²) in [7, 11) is 3.17. The molecule has 1 aromatic carbocycles. The number of benzene rings is 1.